The number of carbonyl (C=O) groups is 2. The monoisotopic (exact) mass is 359 g/mol. The lowest BCUT2D eigenvalue weighted by Gasteiger charge is -2.44. The third kappa shape index (κ3) is 2.40. The van der Waals surface area contributed by atoms with E-state index in [1.807, 2.05) is 37.3 Å². The van der Waals surface area contributed by atoms with E-state index in [4.69, 9.17) is 11.7 Å². The Morgan fingerprint density at radius 3 is 2.67 bits per heavy atom. The maximum absolute atomic E-state index is 12.5. The Kier molecular flexibility index (Phi) is 3.88. The number of carbonyl (C=O) groups excluding carboxylic acids is 2. The molecule has 5 heteroatoms. The summed E-state index contributed by atoms with van der Waals surface area (Å²) in [5, 5.41) is 4.72. The lowest BCUT2D eigenvalue weighted by atomic mass is 9.58. The van der Waals surface area contributed by atoms with Crippen molar-refractivity contribution in [3.63, 3.8) is 0 Å². The molecule has 5 nitrogen and oxygen atoms in total. The molecule has 0 aliphatic heterocycles. The van der Waals surface area contributed by atoms with Gasteiger partial charge in [-0.2, -0.15) is 9.78 Å². The van der Waals surface area contributed by atoms with E-state index < -0.39 is 5.41 Å². The molecule has 0 spiro atoms. The Labute approximate surface area is 158 Å². The van der Waals surface area contributed by atoms with Crippen LogP contribution in [0.3, 0.4) is 0 Å². The van der Waals surface area contributed by atoms with Gasteiger partial charge >= 0.3 is 0 Å². The molecule has 1 aromatic carbocycles. The fraction of sp³-hybridized carbons (Fsp3) is 0.364. The minimum Gasteiger partial charge on any atom is -0.308 e. The number of aromatic nitrogens is 2. The molecular weight excluding hydrogens is 338 g/mol. The van der Waals surface area contributed by atoms with Crippen LogP contribution in [-0.2, 0) is 16.6 Å². The molecule has 2 aliphatic carbocycles. The van der Waals surface area contributed by atoms with Crippen LogP contribution < -0.4 is 0 Å². The van der Waals surface area contributed by atoms with Gasteiger partial charge in [-0.15, -0.1) is 0 Å². The predicted molar refractivity (Wildman–Crippen MR) is 102 cm³/mol. The molecule has 27 heavy (non-hydrogen) atoms. The van der Waals surface area contributed by atoms with Gasteiger partial charge in [-0.3, -0.25) is 4.79 Å². The van der Waals surface area contributed by atoms with Crippen LogP contribution in [0.15, 0.2) is 42.1 Å². The quantitative estimate of drug-likeness (QED) is 0.722. The summed E-state index contributed by atoms with van der Waals surface area (Å²) in [5.41, 5.74) is 3.33. The van der Waals surface area contributed by atoms with Gasteiger partial charge < -0.3 is 4.79 Å². The van der Waals surface area contributed by atoms with E-state index in [0.717, 1.165) is 35.4 Å². The number of Topliss-reactive ketones (excluding diaryl/α,β-unsaturated/α-hetero) is 1. The molecular formula is C22H21N3O2. The van der Waals surface area contributed by atoms with Gasteiger partial charge in [0.25, 0.3) is 0 Å². The first-order valence-electron chi connectivity index (χ1n) is 9.21. The van der Waals surface area contributed by atoms with Crippen LogP contribution in [-0.4, -0.2) is 21.5 Å². The first-order valence-corrected chi connectivity index (χ1v) is 9.21. The molecule has 2 aliphatic rings. The molecule has 0 bridgehead atoms. The van der Waals surface area contributed by atoms with E-state index in [9.17, 15) is 9.59 Å². The molecule has 0 radical (unpaired) electrons. The van der Waals surface area contributed by atoms with Gasteiger partial charge in [0.1, 0.15) is 0 Å². The fourth-order valence-electron chi connectivity index (χ4n) is 4.82. The number of ketones is 1. The summed E-state index contributed by atoms with van der Waals surface area (Å²) in [7, 11) is 0. The van der Waals surface area contributed by atoms with Gasteiger partial charge in [-0.05, 0) is 18.8 Å². The molecule has 0 unspecified atom stereocenters. The Bertz CT molecular complexity index is 1030. The van der Waals surface area contributed by atoms with E-state index in [1.54, 1.807) is 6.08 Å². The number of allylic oxidation sites excluding steroid dienone is 2. The first-order chi connectivity index (χ1) is 12.9. The van der Waals surface area contributed by atoms with Crippen molar-refractivity contribution in [1.82, 2.24) is 9.78 Å². The average molecular weight is 359 g/mol. The molecule has 0 N–H and O–H groups in total. The minimum absolute atomic E-state index is 0.0785. The van der Waals surface area contributed by atoms with Crippen molar-refractivity contribution in [2.45, 2.75) is 39.0 Å². The number of hydrogen-bond acceptors (Lipinski definition) is 3. The predicted octanol–water partition coefficient (Wildman–Crippen LogP) is 4.05. The van der Waals surface area contributed by atoms with E-state index in [2.05, 4.69) is 11.8 Å². The number of rotatable bonds is 1. The Hall–Kier alpha value is -3.00. The summed E-state index contributed by atoms with van der Waals surface area (Å²) in [6.07, 6.45) is 3.39. The molecule has 4 rings (SSSR count). The lowest BCUT2D eigenvalue weighted by Crippen LogP contribution is -2.45. The van der Waals surface area contributed by atoms with E-state index in [0.29, 0.717) is 0 Å². The van der Waals surface area contributed by atoms with Crippen molar-refractivity contribution in [2.75, 3.05) is 0 Å². The highest BCUT2D eigenvalue weighted by molar-refractivity contribution is 6.00. The summed E-state index contributed by atoms with van der Waals surface area (Å²) in [4.78, 5) is 28.3. The smallest absolute Gasteiger partial charge is 0.244 e. The molecule has 0 saturated heterocycles. The third-order valence-corrected chi connectivity index (χ3v) is 6.14. The zero-order valence-electron chi connectivity index (χ0n) is 15.7. The first kappa shape index (κ1) is 17.4. The van der Waals surface area contributed by atoms with Crippen molar-refractivity contribution >= 4 is 11.7 Å². The van der Waals surface area contributed by atoms with Gasteiger partial charge in [0.15, 0.2) is 5.78 Å². The molecule has 136 valence electrons. The summed E-state index contributed by atoms with van der Waals surface area (Å²) in [6, 6.07) is 9.81. The second kappa shape index (κ2) is 6.02. The number of hydrogen-bond donors (Lipinski definition) is 0. The molecule has 1 aromatic heterocycles. The van der Waals surface area contributed by atoms with Gasteiger partial charge in [0.05, 0.1) is 18.0 Å². The van der Waals surface area contributed by atoms with Crippen LogP contribution in [0, 0.1) is 18.4 Å². The number of nitrogens with zero attached hydrogens (tertiary/aromatic N) is 3. The Morgan fingerprint density at radius 1 is 1.33 bits per heavy atom. The minimum atomic E-state index is -0.523. The second-order valence-electron chi connectivity index (χ2n) is 7.69. The third-order valence-electron chi connectivity index (χ3n) is 6.14. The zero-order valence-corrected chi connectivity index (χ0v) is 15.7. The van der Waals surface area contributed by atoms with Crippen LogP contribution in [0.2, 0.25) is 0 Å². The molecule has 0 fully saturated rings. The van der Waals surface area contributed by atoms with Crippen LogP contribution in [0.4, 0.5) is 0 Å². The summed E-state index contributed by atoms with van der Waals surface area (Å²) < 4.78 is 1.49. The summed E-state index contributed by atoms with van der Waals surface area (Å²) in [5.74, 6) is -0.357. The maximum atomic E-state index is 12.5. The highest BCUT2D eigenvalue weighted by Crippen LogP contribution is 2.51. The molecule has 2 aromatic rings. The van der Waals surface area contributed by atoms with Crippen molar-refractivity contribution in [3.05, 3.63) is 64.8 Å². The Morgan fingerprint density at radius 2 is 2.04 bits per heavy atom. The SMILES string of the molecule is [C-]#[N+]C1=C[C@]2(C)c3nn(C(C)=O)c(-c4ccccc4)c3CC[C@H]2[C@H](C)C1=O. The molecule has 3 atom stereocenters. The van der Waals surface area contributed by atoms with Gasteiger partial charge in [-0.1, -0.05) is 50.3 Å². The van der Waals surface area contributed by atoms with Gasteiger partial charge in [0, 0.05) is 29.4 Å². The molecule has 0 saturated carbocycles. The zero-order chi connectivity index (χ0) is 19.3. The molecule has 1 heterocycles. The second-order valence-corrected chi connectivity index (χ2v) is 7.69. The average Bonchev–Trinajstić information content (AvgIpc) is 3.07. The van der Waals surface area contributed by atoms with Gasteiger partial charge in [0.2, 0.25) is 11.6 Å². The van der Waals surface area contributed by atoms with Crippen molar-refractivity contribution in [2.24, 2.45) is 11.8 Å². The van der Waals surface area contributed by atoms with Crippen LogP contribution in [0.1, 0.15) is 43.2 Å². The van der Waals surface area contributed by atoms with Crippen LogP contribution in [0.5, 0.6) is 0 Å². The maximum Gasteiger partial charge on any atom is 0.244 e. The van der Waals surface area contributed by atoms with Crippen molar-refractivity contribution in [1.29, 1.82) is 0 Å². The van der Waals surface area contributed by atoms with Crippen molar-refractivity contribution in [3.8, 4) is 11.3 Å². The summed E-state index contributed by atoms with van der Waals surface area (Å²) in [6.45, 7) is 12.9. The van der Waals surface area contributed by atoms with Crippen LogP contribution in [0.25, 0.3) is 16.1 Å². The van der Waals surface area contributed by atoms with Crippen molar-refractivity contribution < 1.29 is 9.59 Å². The topological polar surface area (TPSA) is 56.3 Å². The highest BCUT2D eigenvalue weighted by Gasteiger charge is 2.50. The highest BCUT2D eigenvalue weighted by atomic mass is 16.2. The Balaban J connectivity index is 2.00. The van der Waals surface area contributed by atoms with E-state index in [-0.39, 0.29) is 29.2 Å². The van der Waals surface area contributed by atoms with Gasteiger partial charge in [-0.25, -0.2) is 4.85 Å². The van der Waals surface area contributed by atoms with E-state index >= 15 is 0 Å². The standard InChI is InChI=1S/C22H21N3O2/c1-13-17-11-10-16-19(15-8-6-5-7-9-15)25(14(2)26)24-21(16)22(17,3)12-18(23-4)20(13)27/h5-9,12-13,17H,10-11H2,1-3H3/t13-,17-,22-/m0/s1. The molecule has 0 amide bonds. The fourth-order valence-corrected chi connectivity index (χ4v) is 4.82. The normalized spacial score (nSPS) is 26.6. The lowest BCUT2D eigenvalue weighted by molar-refractivity contribution is -0.121. The number of fused-ring (bicyclic) bond motifs is 3. The number of benzene rings is 1. The summed E-state index contributed by atoms with van der Waals surface area (Å²) >= 11 is 0. The van der Waals surface area contributed by atoms with E-state index in [1.165, 1.54) is 11.6 Å². The van der Waals surface area contributed by atoms with Crippen LogP contribution >= 0.6 is 0 Å². The largest absolute Gasteiger partial charge is 0.308 e.